The molecule has 6 nitrogen and oxygen atoms in total. The van der Waals surface area contributed by atoms with Crippen LogP contribution in [0.1, 0.15) is 19.8 Å². The van der Waals surface area contributed by atoms with Crippen LogP contribution in [0.15, 0.2) is 48.5 Å². The highest BCUT2D eigenvalue weighted by atomic mass is 19.3. The SMILES string of the molecule is CC(F)(F)COc1nc(N2C[C@H]3CC[C@@H](C2)N3)c2ccc(-c3cc(O)cc4ccccc34)c(F)c2n1. The summed E-state index contributed by atoms with van der Waals surface area (Å²) in [5, 5.41) is 15.8. The van der Waals surface area contributed by atoms with Crippen LogP contribution in [0.5, 0.6) is 11.8 Å². The summed E-state index contributed by atoms with van der Waals surface area (Å²) in [4.78, 5) is 10.7. The van der Waals surface area contributed by atoms with E-state index in [0.29, 0.717) is 41.9 Å². The lowest BCUT2D eigenvalue weighted by Crippen LogP contribution is -2.51. The molecule has 0 spiro atoms. The molecule has 2 fully saturated rings. The average Bonchev–Trinajstić information content (AvgIpc) is 3.19. The van der Waals surface area contributed by atoms with Crippen LogP contribution in [0.3, 0.4) is 0 Å². The number of alkyl halides is 2. The zero-order valence-electron chi connectivity index (χ0n) is 19.6. The van der Waals surface area contributed by atoms with Gasteiger partial charge in [-0.2, -0.15) is 9.97 Å². The summed E-state index contributed by atoms with van der Waals surface area (Å²) < 4.78 is 48.5. The van der Waals surface area contributed by atoms with Crippen molar-refractivity contribution in [1.82, 2.24) is 15.3 Å². The van der Waals surface area contributed by atoms with Crippen molar-refractivity contribution in [2.45, 2.75) is 37.8 Å². The number of rotatable bonds is 5. The molecule has 2 aliphatic rings. The van der Waals surface area contributed by atoms with Crippen LogP contribution in [0, 0.1) is 5.82 Å². The lowest BCUT2D eigenvalue weighted by Gasteiger charge is -2.34. The maximum absolute atomic E-state index is 16.2. The first-order valence-electron chi connectivity index (χ1n) is 12.0. The van der Waals surface area contributed by atoms with Crippen molar-refractivity contribution in [1.29, 1.82) is 0 Å². The zero-order chi connectivity index (χ0) is 25.0. The molecule has 3 heterocycles. The molecule has 0 saturated carbocycles. The molecule has 0 unspecified atom stereocenters. The molecule has 36 heavy (non-hydrogen) atoms. The maximum atomic E-state index is 16.2. The van der Waals surface area contributed by atoms with Gasteiger partial charge in [-0.3, -0.25) is 0 Å². The Labute approximate surface area is 205 Å². The Kier molecular flexibility index (Phi) is 5.40. The molecule has 2 N–H and O–H groups in total. The number of benzene rings is 3. The Morgan fingerprint density at radius 3 is 2.53 bits per heavy atom. The molecule has 2 saturated heterocycles. The number of halogens is 3. The summed E-state index contributed by atoms with van der Waals surface area (Å²) in [6.07, 6.45) is 2.08. The number of hydrogen-bond donors (Lipinski definition) is 2. The molecular formula is C27H25F3N4O2. The van der Waals surface area contributed by atoms with Gasteiger partial charge in [0.05, 0.1) is 0 Å². The molecule has 2 aliphatic heterocycles. The van der Waals surface area contributed by atoms with Gasteiger partial charge in [-0.15, -0.1) is 0 Å². The van der Waals surface area contributed by atoms with Crippen LogP contribution >= 0.6 is 0 Å². The molecule has 0 amide bonds. The molecule has 9 heteroatoms. The number of aromatic nitrogens is 2. The number of nitrogens with one attached hydrogen (secondary N) is 1. The first kappa shape index (κ1) is 22.8. The Balaban J connectivity index is 1.53. The number of anilines is 1. The average molecular weight is 495 g/mol. The van der Waals surface area contributed by atoms with E-state index in [0.717, 1.165) is 30.5 Å². The number of piperazine rings is 1. The number of hydrogen-bond acceptors (Lipinski definition) is 6. The largest absolute Gasteiger partial charge is 0.508 e. The van der Waals surface area contributed by atoms with Crippen molar-refractivity contribution in [2.24, 2.45) is 0 Å². The third-order valence-electron chi connectivity index (χ3n) is 6.87. The summed E-state index contributed by atoms with van der Waals surface area (Å²) in [5.74, 6) is -3.23. The van der Waals surface area contributed by atoms with Gasteiger partial charge in [-0.1, -0.05) is 30.3 Å². The first-order chi connectivity index (χ1) is 17.2. The summed E-state index contributed by atoms with van der Waals surface area (Å²) in [6, 6.07) is 14.2. The van der Waals surface area contributed by atoms with Crippen molar-refractivity contribution in [2.75, 3.05) is 24.6 Å². The quantitative estimate of drug-likeness (QED) is 0.394. The molecular weight excluding hydrogens is 469 g/mol. The molecule has 3 aromatic carbocycles. The van der Waals surface area contributed by atoms with E-state index >= 15 is 4.39 Å². The van der Waals surface area contributed by atoms with Crippen LogP contribution in [-0.2, 0) is 0 Å². The van der Waals surface area contributed by atoms with Gasteiger partial charge in [0, 0.05) is 43.0 Å². The maximum Gasteiger partial charge on any atom is 0.319 e. The van der Waals surface area contributed by atoms with E-state index < -0.39 is 18.3 Å². The zero-order valence-corrected chi connectivity index (χ0v) is 19.6. The minimum Gasteiger partial charge on any atom is -0.508 e. The molecule has 4 aromatic rings. The Morgan fingerprint density at radius 1 is 1.03 bits per heavy atom. The predicted octanol–water partition coefficient (Wildman–Crippen LogP) is 5.27. The van der Waals surface area contributed by atoms with E-state index in [-0.39, 0.29) is 22.8 Å². The molecule has 6 rings (SSSR count). The fourth-order valence-electron chi connectivity index (χ4n) is 5.32. The van der Waals surface area contributed by atoms with E-state index in [4.69, 9.17) is 4.74 Å². The third kappa shape index (κ3) is 4.17. The summed E-state index contributed by atoms with van der Waals surface area (Å²) >= 11 is 0. The fraction of sp³-hybridized carbons (Fsp3) is 0.333. The normalized spacial score (nSPS) is 19.8. The van der Waals surface area contributed by atoms with E-state index in [1.54, 1.807) is 18.2 Å². The van der Waals surface area contributed by atoms with E-state index in [1.807, 2.05) is 24.3 Å². The van der Waals surface area contributed by atoms with Gasteiger partial charge in [0.25, 0.3) is 5.92 Å². The van der Waals surface area contributed by atoms with Crippen LogP contribution in [0.4, 0.5) is 19.0 Å². The summed E-state index contributed by atoms with van der Waals surface area (Å²) in [5.41, 5.74) is 0.740. The van der Waals surface area contributed by atoms with E-state index in [2.05, 4.69) is 20.2 Å². The van der Waals surface area contributed by atoms with Gasteiger partial charge >= 0.3 is 6.01 Å². The highest BCUT2D eigenvalue weighted by Crippen LogP contribution is 2.39. The van der Waals surface area contributed by atoms with Crippen molar-refractivity contribution >= 4 is 27.5 Å². The van der Waals surface area contributed by atoms with Crippen molar-refractivity contribution in [3.8, 4) is 22.9 Å². The Morgan fingerprint density at radius 2 is 1.78 bits per heavy atom. The van der Waals surface area contributed by atoms with Crippen LogP contribution in [0.2, 0.25) is 0 Å². The lowest BCUT2D eigenvalue weighted by molar-refractivity contribution is -0.0255. The van der Waals surface area contributed by atoms with Gasteiger partial charge in [0.1, 0.15) is 17.1 Å². The van der Waals surface area contributed by atoms with Gasteiger partial charge < -0.3 is 20.1 Å². The first-order valence-corrected chi connectivity index (χ1v) is 12.0. The van der Waals surface area contributed by atoms with Gasteiger partial charge in [-0.25, -0.2) is 13.2 Å². The summed E-state index contributed by atoms with van der Waals surface area (Å²) in [6.45, 7) is 1.18. The number of phenols is 1. The highest BCUT2D eigenvalue weighted by Gasteiger charge is 2.34. The second-order valence-corrected chi connectivity index (χ2v) is 9.77. The molecule has 1 aromatic heterocycles. The monoisotopic (exact) mass is 494 g/mol. The smallest absolute Gasteiger partial charge is 0.319 e. The number of fused-ring (bicyclic) bond motifs is 4. The minimum absolute atomic E-state index is 0.00905. The number of nitrogens with zero attached hydrogens (tertiary/aromatic N) is 3. The molecule has 0 radical (unpaired) electrons. The summed E-state index contributed by atoms with van der Waals surface area (Å²) in [7, 11) is 0. The highest BCUT2D eigenvalue weighted by molar-refractivity contribution is 6.01. The van der Waals surface area contributed by atoms with Crippen molar-refractivity contribution in [3.63, 3.8) is 0 Å². The van der Waals surface area contributed by atoms with Gasteiger partial charge in [0.2, 0.25) is 0 Å². The van der Waals surface area contributed by atoms with Crippen molar-refractivity contribution in [3.05, 3.63) is 54.3 Å². The second kappa shape index (κ2) is 8.51. The van der Waals surface area contributed by atoms with Crippen LogP contribution < -0.4 is 15.0 Å². The predicted molar refractivity (Wildman–Crippen MR) is 132 cm³/mol. The van der Waals surface area contributed by atoms with Crippen molar-refractivity contribution < 1.29 is 23.0 Å². The third-order valence-corrected chi connectivity index (χ3v) is 6.87. The van der Waals surface area contributed by atoms with Crippen LogP contribution in [-0.4, -0.2) is 52.8 Å². The topological polar surface area (TPSA) is 70.5 Å². The number of ether oxygens (including phenoxy) is 1. The van der Waals surface area contributed by atoms with E-state index in [9.17, 15) is 13.9 Å². The molecule has 186 valence electrons. The van der Waals surface area contributed by atoms with E-state index in [1.165, 1.54) is 6.07 Å². The Hall–Kier alpha value is -3.59. The molecule has 0 aliphatic carbocycles. The van der Waals surface area contributed by atoms with Crippen LogP contribution in [0.25, 0.3) is 32.8 Å². The standard InChI is InChI=1S/C27H25F3N4O2/c1-27(29,30)14-36-26-32-24-21(25(33-26)34-12-16-6-7-17(13-34)31-16)9-8-20(23(24)28)22-11-18(35)10-15-4-2-3-5-19(15)22/h2-5,8-11,16-17,31,35H,6-7,12-14H2,1H3/t16-,17+. The molecule has 2 bridgehead atoms. The number of aromatic hydroxyl groups is 1. The minimum atomic E-state index is -3.09. The van der Waals surface area contributed by atoms with Gasteiger partial charge in [-0.05, 0) is 47.4 Å². The Bertz CT molecular complexity index is 1460. The molecule has 2 atom stereocenters. The fourth-order valence-corrected chi connectivity index (χ4v) is 5.32. The van der Waals surface area contributed by atoms with Gasteiger partial charge in [0.15, 0.2) is 12.4 Å². The number of phenolic OH excluding ortho intramolecular Hbond substituents is 1. The second-order valence-electron chi connectivity index (χ2n) is 9.77. The lowest BCUT2D eigenvalue weighted by atomic mass is 9.96.